The molecule has 0 saturated heterocycles. The number of hydrogen-bond acceptors (Lipinski definition) is 5. The Bertz CT molecular complexity index is 1200. The van der Waals surface area contributed by atoms with Crippen LogP contribution < -0.4 is 14.8 Å². The maximum atomic E-state index is 12.4. The normalized spacial score (nSPS) is 11.1. The van der Waals surface area contributed by atoms with Crippen LogP contribution in [0.25, 0.3) is 10.9 Å². The third kappa shape index (κ3) is 4.64. The van der Waals surface area contributed by atoms with Crippen LogP contribution in [-0.2, 0) is 19.5 Å². The van der Waals surface area contributed by atoms with Crippen LogP contribution in [0.4, 0.5) is 0 Å². The fraction of sp³-hybridized carbons (Fsp3) is 0.240. The average molecular weight is 451 g/mol. The van der Waals surface area contributed by atoms with Gasteiger partial charge in [0, 0.05) is 41.5 Å². The number of methoxy groups -OCH3 is 2. The number of aromatic nitrogens is 1. The molecule has 0 aliphatic heterocycles. The number of carbonyl (C=O) groups is 1. The third-order valence-corrected chi connectivity index (χ3v) is 6.45. The van der Waals surface area contributed by atoms with Gasteiger partial charge in [-0.15, -0.1) is 11.3 Å². The van der Waals surface area contributed by atoms with Crippen molar-refractivity contribution in [3.8, 4) is 11.5 Å². The molecule has 7 heteroatoms. The van der Waals surface area contributed by atoms with E-state index in [4.69, 9.17) is 9.47 Å². The summed E-state index contributed by atoms with van der Waals surface area (Å²) < 4.78 is 12.5. The van der Waals surface area contributed by atoms with Gasteiger partial charge in [-0.1, -0.05) is 18.2 Å². The lowest BCUT2D eigenvalue weighted by Crippen LogP contribution is -2.19. The molecule has 4 aromatic rings. The summed E-state index contributed by atoms with van der Waals surface area (Å²) in [4.78, 5) is 13.7. The summed E-state index contributed by atoms with van der Waals surface area (Å²) in [5, 5.41) is 16.6. The van der Waals surface area contributed by atoms with Crippen molar-refractivity contribution >= 4 is 28.2 Å². The molecule has 0 unspecified atom stereocenters. The Hall–Kier alpha value is -3.29. The second-order valence-electron chi connectivity index (χ2n) is 7.46. The molecule has 0 amide bonds. The largest absolute Gasteiger partial charge is 0.497 e. The highest BCUT2D eigenvalue weighted by molar-refractivity contribution is 7.09. The maximum Gasteiger partial charge on any atom is 0.352 e. The van der Waals surface area contributed by atoms with Gasteiger partial charge in [-0.05, 0) is 47.7 Å². The van der Waals surface area contributed by atoms with Gasteiger partial charge in [0.15, 0.2) is 0 Å². The molecule has 2 aromatic carbocycles. The van der Waals surface area contributed by atoms with Crippen LogP contribution in [-0.4, -0.2) is 36.4 Å². The highest BCUT2D eigenvalue weighted by Crippen LogP contribution is 2.31. The number of benzene rings is 2. The quantitative estimate of drug-likeness (QED) is 0.340. The molecule has 2 heterocycles. The Morgan fingerprint density at radius 1 is 1.06 bits per heavy atom. The highest BCUT2D eigenvalue weighted by Gasteiger charge is 2.23. The van der Waals surface area contributed by atoms with E-state index in [9.17, 15) is 9.90 Å². The predicted octanol–water partition coefficient (Wildman–Crippen LogP) is 4.80. The van der Waals surface area contributed by atoms with Gasteiger partial charge in [0.1, 0.15) is 17.2 Å². The molecule has 32 heavy (non-hydrogen) atoms. The monoisotopic (exact) mass is 450 g/mol. The van der Waals surface area contributed by atoms with Gasteiger partial charge < -0.3 is 24.5 Å². The predicted molar refractivity (Wildman–Crippen MR) is 127 cm³/mol. The van der Waals surface area contributed by atoms with Gasteiger partial charge in [0.2, 0.25) is 0 Å². The number of carboxylic acids is 1. The van der Waals surface area contributed by atoms with Crippen molar-refractivity contribution in [1.29, 1.82) is 0 Å². The third-order valence-electron chi connectivity index (χ3n) is 5.51. The van der Waals surface area contributed by atoms with Gasteiger partial charge in [-0.25, -0.2) is 4.79 Å². The van der Waals surface area contributed by atoms with Crippen molar-refractivity contribution in [2.75, 3.05) is 20.8 Å². The fourth-order valence-corrected chi connectivity index (χ4v) is 4.62. The number of rotatable bonds is 10. The van der Waals surface area contributed by atoms with E-state index < -0.39 is 5.97 Å². The van der Waals surface area contributed by atoms with Gasteiger partial charge in [-0.2, -0.15) is 0 Å². The van der Waals surface area contributed by atoms with E-state index in [1.807, 2.05) is 53.1 Å². The first-order valence-electron chi connectivity index (χ1n) is 10.4. The Morgan fingerprint density at radius 2 is 1.81 bits per heavy atom. The van der Waals surface area contributed by atoms with Crippen molar-refractivity contribution < 1.29 is 19.4 Å². The minimum Gasteiger partial charge on any atom is -0.497 e. The molecule has 2 N–H and O–H groups in total. The molecule has 0 radical (unpaired) electrons. The Kier molecular flexibility index (Phi) is 6.78. The van der Waals surface area contributed by atoms with Crippen LogP contribution in [0.3, 0.4) is 0 Å². The smallest absolute Gasteiger partial charge is 0.352 e. The van der Waals surface area contributed by atoms with Gasteiger partial charge in [0.25, 0.3) is 0 Å². The molecule has 0 saturated carbocycles. The van der Waals surface area contributed by atoms with E-state index in [1.165, 1.54) is 4.88 Å². The van der Waals surface area contributed by atoms with E-state index in [2.05, 4.69) is 16.8 Å². The van der Waals surface area contributed by atoms with Crippen LogP contribution in [0, 0.1) is 0 Å². The lowest BCUT2D eigenvalue weighted by Gasteiger charge is -2.11. The minimum atomic E-state index is -0.941. The molecule has 166 valence electrons. The average Bonchev–Trinajstić information content (AvgIpc) is 3.43. The van der Waals surface area contributed by atoms with Crippen molar-refractivity contribution in [2.24, 2.45) is 0 Å². The number of nitrogens with one attached hydrogen (secondary N) is 1. The second kappa shape index (κ2) is 9.89. The molecule has 4 rings (SSSR count). The molecule has 0 bridgehead atoms. The maximum absolute atomic E-state index is 12.4. The van der Waals surface area contributed by atoms with Crippen LogP contribution in [0.15, 0.2) is 60.0 Å². The summed E-state index contributed by atoms with van der Waals surface area (Å²) >= 11 is 1.73. The molecule has 0 spiro atoms. The van der Waals surface area contributed by atoms with Gasteiger partial charge >= 0.3 is 5.97 Å². The van der Waals surface area contributed by atoms with E-state index in [-0.39, 0.29) is 0 Å². The lowest BCUT2D eigenvalue weighted by atomic mass is 10.1. The van der Waals surface area contributed by atoms with E-state index in [0.29, 0.717) is 24.5 Å². The lowest BCUT2D eigenvalue weighted by molar-refractivity contribution is 0.0684. The van der Waals surface area contributed by atoms with Crippen LogP contribution in [0.5, 0.6) is 11.5 Å². The second-order valence-corrected chi connectivity index (χ2v) is 8.49. The molecular formula is C25H26N2O4S. The van der Waals surface area contributed by atoms with Crippen molar-refractivity contribution in [3.05, 3.63) is 81.7 Å². The first kappa shape index (κ1) is 21.9. The molecular weight excluding hydrogens is 424 g/mol. The molecule has 2 aromatic heterocycles. The summed E-state index contributed by atoms with van der Waals surface area (Å²) in [6.07, 6.45) is 0.915. The summed E-state index contributed by atoms with van der Waals surface area (Å²) in [5.41, 5.74) is 2.92. The minimum absolute atomic E-state index is 0.299. The molecule has 0 fully saturated rings. The zero-order valence-corrected chi connectivity index (χ0v) is 18.9. The van der Waals surface area contributed by atoms with Crippen LogP contribution in [0.2, 0.25) is 0 Å². The highest BCUT2D eigenvalue weighted by atomic mass is 32.1. The number of hydrogen-bond donors (Lipinski definition) is 2. The number of nitrogens with zero attached hydrogens (tertiary/aromatic N) is 1. The summed E-state index contributed by atoms with van der Waals surface area (Å²) in [7, 11) is 3.24. The summed E-state index contributed by atoms with van der Waals surface area (Å²) in [6, 6.07) is 17.6. The SMILES string of the molecule is COc1ccc(Cn2c(C(=O)O)c(CNCCc3cccs3)c3ccc(OC)cc32)cc1. The molecule has 0 aliphatic carbocycles. The number of ether oxygens (including phenoxy) is 2. The van der Waals surface area contributed by atoms with Crippen molar-refractivity contribution in [3.63, 3.8) is 0 Å². The Balaban J connectivity index is 1.69. The van der Waals surface area contributed by atoms with E-state index in [0.717, 1.165) is 40.7 Å². The first-order chi connectivity index (χ1) is 15.6. The number of aromatic carboxylic acids is 1. The standard InChI is InChI=1S/C25H26N2O4S/c1-30-18-7-5-17(6-8-18)16-27-23-14-19(31-2)9-10-21(23)22(24(27)25(28)29)15-26-12-11-20-4-3-13-32-20/h3-10,13-14,26H,11-12,15-16H2,1-2H3,(H,28,29). The number of carboxylic acid groups (broad SMARTS) is 1. The fourth-order valence-electron chi connectivity index (χ4n) is 3.91. The zero-order chi connectivity index (χ0) is 22.5. The number of thiophene rings is 1. The van der Waals surface area contributed by atoms with Crippen LogP contribution in [0.1, 0.15) is 26.5 Å². The number of fused-ring (bicyclic) bond motifs is 1. The first-order valence-corrected chi connectivity index (χ1v) is 11.3. The molecule has 6 nitrogen and oxygen atoms in total. The van der Waals surface area contributed by atoms with E-state index >= 15 is 0 Å². The van der Waals surface area contributed by atoms with Crippen LogP contribution >= 0.6 is 11.3 Å². The molecule has 0 aliphatic rings. The Morgan fingerprint density at radius 3 is 2.47 bits per heavy atom. The topological polar surface area (TPSA) is 72.7 Å². The van der Waals surface area contributed by atoms with Gasteiger partial charge in [-0.3, -0.25) is 0 Å². The zero-order valence-electron chi connectivity index (χ0n) is 18.1. The van der Waals surface area contributed by atoms with Crippen molar-refractivity contribution in [1.82, 2.24) is 9.88 Å². The van der Waals surface area contributed by atoms with Crippen molar-refractivity contribution in [2.45, 2.75) is 19.5 Å². The van der Waals surface area contributed by atoms with Gasteiger partial charge in [0.05, 0.1) is 19.7 Å². The summed E-state index contributed by atoms with van der Waals surface area (Å²) in [6.45, 7) is 1.69. The molecule has 0 atom stereocenters. The van der Waals surface area contributed by atoms with E-state index in [1.54, 1.807) is 25.6 Å². The Labute approximate surface area is 191 Å². The summed E-state index contributed by atoms with van der Waals surface area (Å²) in [5.74, 6) is 0.519.